The van der Waals surface area contributed by atoms with Crippen LogP contribution in [0.15, 0.2) is 11.6 Å². The van der Waals surface area contributed by atoms with Gasteiger partial charge in [0.1, 0.15) is 0 Å². The molecule has 154 valence electrons. The molecular weight excluding hydrogens is 380 g/mol. The van der Waals surface area contributed by atoms with E-state index in [2.05, 4.69) is 15.6 Å². The lowest BCUT2D eigenvalue weighted by atomic mass is 10.2. The number of nitrogens with one attached hydrogen (secondary N) is 2. The van der Waals surface area contributed by atoms with Gasteiger partial charge in [-0.05, 0) is 25.7 Å². The SMILES string of the molecule is O=C(CCC(=O)N(CC(=O)NC1CCCC1)C[C@H]1CCCO1)Nc1nccs1. The average Bonchev–Trinajstić information content (AvgIpc) is 3.43. The molecule has 0 spiro atoms. The number of hydrogen-bond donors (Lipinski definition) is 2. The predicted molar refractivity (Wildman–Crippen MR) is 106 cm³/mol. The number of ether oxygens (including phenoxy) is 1. The fourth-order valence-electron chi connectivity index (χ4n) is 3.65. The first-order chi connectivity index (χ1) is 13.6. The van der Waals surface area contributed by atoms with E-state index in [1.54, 1.807) is 11.6 Å². The van der Waals surface area contributed by atoms with Crippen molar-refractivity contribution in [3.05, 3.63) is 11.6 Å². The van der Waals surface area contributed by atoms with E-state index in [1.165, 1.54) is 16.2 Å². The zero-order valence-corrected chi connectivity index (χ0v) is 16.8. The number of anilines is 1. The minimum Gasteiger partial charge on any atom is -0.376 e. The first kappa shape index (κ1) is 20.7. The number of rotatable bonds is 9. The monoisotopic (exact) mass is 408 g/mol. The maximum Gasteiger partial charge on any atom is 0.239 e. The Hall–Kier alpha value is -2.00. The third-order valence-electron chi connectivity index (χ3n) is 5.10. The van der Waals surface area contributed by atoms with Crippen LogP contribution in [-0.2, 0) is 19.1 Å². The molecule has 0 radical (unpaired) electrons. The van der Waals surface area contributed by atoms with Crippen LogP contribution in [0, 0.1) is 0 Å². The van der Waals surface area contributed by atoms with Crippen LogP contribution in [0.25, 0.3) is 0 Å². The van der Waals surface area contributed by atoms with Crippen LogP contribution in [0.3, 0.4) is 0 Å². The van der Waals surface area contributed by atoms with E-state index < -0.39 is 0 Å². The molecule has 2 aliphatic rings. The first-order valence-electron chi connectivity index (χ1n) is 9.98. The van der Waals surface area contributed by atoms with Gasteiger partial charge in [-0.3, -0.25) is 14.4 Å². The van der Waals surface area contributed by atoms with Gasteiger partial charge in [-0.15, -0.1) is 11.3 Å². The molecule has 0 aromatic carbocycles. The second-order valence-electron chi connectivity index (χ2n) is 7.34. The molecule has 1 aliphatic carbocycles. The number of amides is 3. The van der Waals surface area contributed by atoms with Gasteiger partial charge in [0.15, 0.2) is 5.13 Å². The molecule has 3 rings (SSSR count). The van der Waals surface area contributed by atoms with E-state index in [4.69, 9.17) is 4.74 Å². The Kier molecular flexibility index (Phi) is 7.79. The standard InChI is InChI=1S/C19H28N4O4S/c24-16(22-19-20-9-11-28-19)7-8-18(26)23(12-15-6-3-10-27-15)13-17(25)21-14-4-1-2-5-14/h9,11,14-15H,1-8,10,12-13H2,(H,21,25)(H,20,22,24)/t15-/m1/s1. The molecular formula is C19H28N4O4S. The number of thiazole rings is 1. The van der Waals surface area contributed by atoms with E-state index in [1.807, 2.05) is 0 Å². The van der Waals surface area contributed by atoms with Crippen LogP contribution in [0.4, 0.5) is 5.13 Å². The summed E-state index contributed by atoms with van der Waals surface area (Å²) in [4.78, 5) is 42.7. The highest BCUT2D eigenvalue weighted by molar-refractivity contribution is 7.13. The molecule has 1 saturated heterocycles. The Bertz CT molecular complexity index is 655. The molecule has 2 heterocycles. The molecule has 1 aliphatic heterocycles. The quantitative estimate of drug-likeness (QED) is 0.650. The summed E-state index contributed by atoms with van der Waals surface area (Å²) in [6.07, 6.45) is 7.83. The smallest absolute Gasteiger partial charge is 0.239 e. The van der Waals surface area contributed by atoms with Gasteiger partial charge in [0, 0.05) is 43.6 Å². The largest absolute Gasteiger partial charge is 0.376 e. The summed E-state index contributed by atoms with van der Waals surface area (Å²) in [5.41, 5.74) is 0. The average molecular weight is 409 g/mol. The zero-order valence-electron chi connectivity index (χ0n) is 16.0. The van der Waals surface area contributed by atoms with Gasteiger partial charge in [0.25, 0.3) is 0 Å². The molecule has 1 aromatic rings. The third-order valence-corrected chi connectivity index (χ3v) is 5.79. The first-order valence-corrected chi connectivity index (χ1v) is 10.9. The van der Waals surface area contributed by atoms with Crippen molar-refractivity contribution in [1.82, 2.24) is 15.2 Å². The van der Waals surface area contributed by atoms with Gasteiger partial charge in [0.2, 0.25) is 17.7 Å². The van der Waals surface area contributed by atoms with Crippen molar-refractivity contribution in [3.8, 4) is 0 Å². The van der Waals surface area contributed by atoms with Gasteiger partial charge < -0.3 is 20.3 Å². The van der Waals surface area contributed by atoms with Crippen LogP contribution >= 0.6 is 11.3 Å². The molecule has 1 atom stereocenters. The van der Waals surface area contributed by atoms with Crippen LogP contribution in [-0.4, -0.2) is 59.4 Å². The molecule has 1 aromatic heterocycles. The van der Waals surface area contributed by atoms with Crippen LogP contribution < -0.4 is 10.6 Å². The highest BCUT2D eigenvalue weighted by atomic mass is 32.1. The number of nitrogens with zero attached hydrogens (tertiary/aromatic N) is 2. The topological polar surface area (TPSA) is 101 Å². The number of carbonyl (C=O) groups is 3. The van der Waals surface area contributed by atoms with Gasteiger partial charge in [0.05, 0.1) is 12.6 Å². The Labute approximate surface area is 169 Å². The van der Waals surface area contributed by atoms with Crippen molar-refractivity contribution in [2.24, 2.45) is 0 Å². The molecule has 8 nitrogen and oxygen atoms in total. The Morgan fingerprint density at radius 3 is 2.64 bits per heavy atom. The van der Waals surface area contributed by atoms with E-state index >= 15 is 0 Å². The number of hydrogen-bond acceptors (Lipinski definition) is 6. The predicted octanol–water partition coefficient (Wildman–Crippen LogP) is 1.93. The highest BCUT2D eigenvalue weighted by Gasteiger charge is 2.26. The summed E-state index contributed by atoms with van der Waals surface area (Å²) >= 11 is 1.33. The highest BCUT2D eigenvalue weighted by Crippen LogP contribution is 2.18. The van der Waals surface area contributed by atoms with E-state index in [-0.39, 0.29) is 49.3 Å². The van der Waals surface area contributed by atoms with E-state index in [0.29, 0.717) is 18.3 Å². The molecule has 2 N–H and O–H groups in total. The summed E-state index contributed by atoms with van der Waals surface area (Å²) in [7, 11) is 0. The van der Waals surface area contributed by atoms with Crippen LogP contribution in [0.2, 0.25) is 0 Å². The fourth-order valence-corrected chi connectivity index (χ4v) is 4.20. The maximum atomic E-state index is 12.7. The lowest BCUT2D eigenvalue weighted by Crippen LogP contribution is -2.46. The molecule has 0 bridgehead atoms. The molecule has 0 unspecified atom stereocenters. The fraction of sp³-hybridized carbons (Fsp3) is 0.684. The lowest BCUT2D eigenvalue weighted by Gasteiger charge is -2.25. The van der Waals surface area contributed by atoms with Crippen molar-refractivity contribution >= 4 is 34.2 Å². The summed E-state index contributed by atoms with van der Waals surface area (Å²) in [6, 6.07) is 0.219. The van der Waals surface area contributed by atoms with Crippen molar-refractivity contribution in [2.75, 3.05) is 25.0 Å². The second kappa shape index (κ2) is 10.5. The molecule has 9 heteroatoms. The number of aromatic nitrogens is 1. The Balaban J connectivity index is 1.49. The summed E-state index contributed by atoms with van der Waals surface area (Å²) in [6.45, 7) is 1.10. The number of carbonyl (C=O) groups excluding carboxylic acids is 3. The maximum absolute atomic E-state index is 12.7. The minimum atomic E-state index is -0.254. The van der Waals surface area contributed by atoms with Crippen molar-refractivity contribution in [2.45, 2.75) is 63.5 Å². The normalized spacial score (nSPS) is 19.5. The third kappa shape index (κ3) is 6.56. The molecule has 2 fully saturated rings. The molecule has 1 saturated carbocycles. The van der Waals surface area contributed by atoms with Crippen LogP contribution in [0.1, 0.15) is 51.4 Å². The second-order valence-corrected chi connectivity index (χ2v) is 8.24. The Morgan fingerprint density at radius 1 is 1.14 bits per heavy atom. The van der Waals surface area contributed by atoms with E-state index in [0.717, 1.165) is 38.5 Å². The minimum absolute atomic E-state index is 0.0172. The van der Waals surface area contributed by atoms with Crippen molar-refractivity contribution in [3.63, 3.8) is 0 Å². The van der Waals surface area contributed by atoms with Gasteiger partial charge in [-0.1, -0.05) is 12.8 Å². The lowest BCUT2D eigenvalue weighted by molar-refractivity contribution is -0.138. The molecule has 28 heavy (non-hydrogen) atoms. The summed E-state index contributed by atoms with van der Waals surface area (Å²) in [5, 5.41) is 7.99. The van der Waals surface area contributed by atoms with Gasteiger partial charge in [-0.25, -0.2) is 4.98 Å². The van der Waals surface area contributed by atoms with Gasteiger partial charge in [-0.2, -0.15) is 0 Å². The molecule has 3 amide bonds. The van der Waals surface area contributed by atoms with E-state index in [9.17, 15) is 14.4 Å². The van der Waals surface area contributed by atoms with Crippen molar-refractivity contribution < 1.29 is 19.1 Å². The Morgan fingerprint density at radius 2 is 1.96 bits per heavy atom. The summed E-state index contributed by atoms with van der Waals surface area (Å²) < 4.78 is 5.63. The van der Waals surface area contributed by atoms with Crippen LogP contribution in [0.5, 0.6) is 0 Å². The van der Waals surface area contributed by atoms with Gasteiger partial charge >= 0.3 is 0 Å². The zero-order chi connectivity index (χ0) is 19.8. The summed E-state index contributed by atoms with van der Waals surface area (Å²) in [5.74, 6) is -0.590. The van der Waals surface area contributed by atoms with Crippen molar-refractivity contribution in [1.29, 1.82) is 0 Å².